The zero-order valence-corrected chi connectivity index (χ0v) is 20.1. The van der Waals surface area contributed by atoms with Crippen LogP contribution in [0, 0.1) is 11.2 Å². The van der Waals surface area contributed by atoms with E-state index in [1.54, 1.807) is 12.1 Å². The van der Waals surface area contributed by atoms with Crippen molar-refractivity contribution in [2.75, 3.05) is 36.4 Å². The van der Waals surface area contributed by atoms with E-state index < -0.39 is 5.82 Å². The fourth-order valence-electron chi connectivity index (χ4n) is 5.55. The SMILES string of the molecule is CC(=O)Nc1ccc(-c2cccc(-c3cccc(N4CCC5(CCNCC5)CC4)c3)c2O)cc1F. The molecule has 0 saturated carbocycles. The third kappa shape index (κ3) is 4.89. The maximum Gasteiger partial charge on any atom is 0.221 e. The number of phenolic OH excluding ortho intramolecular Hbond substituents is 1. The number of benzene rings is 3. The molecule has 3 aromatic rings. The zero-order valence-electron chi connectivity index (χ0n) is 20.1. The summed E-state index contributed by atoms with van der Waals surface area (Å²) in [5.74, 6) is -0.759. The average Bonchev–Trinajstić information content (AvgIpc) is 2.86. The van der Waals surface area contributed by atoms with Crippen LogP contribution in [0.2, 0.25) is 0 Å². The summed E-state index contributed by atoms with van der Waals surface area (Å²) in [4.78, 5) is 13.7. The molecule has 0 aromatic heterocycles. The molecule has 0 unspecified atom stereocenters. The van der Waals surface area contributed by atoms with Gasteiger partial charge in [0, 0.05) is 36.8 Å². The second kappa shape index (κ2) is 9.70. The molecule has 3 N–H and O–H groups in total. The van der Waals surface area contributed by atoms with Crippen LogP contribution in [0.1, 0.15) is 32.6 Å². The average molecular weight is 474 g/mol. The molecule has 5 rings (SSSR count). The van der Waals surface area contributed by atoms with E-state index in [2.05, 4.69) is 27.7 Å². The molecule has 35 heavy (non-hydrogen) atoms. The Hall–Kier alpha value is -3.38. The van der Waals surface area contributed by atoms with Crippen LogP contribution in [0.4, 0.5) is 15.8 Å². The molecular formula is C29H32FN3O2. The highest BCUT2D eigenvalue weighted by molar-refractivity contribution is 5.89. The second-order valence-electron chi connectivity index (χ2n) is 9.86. The second-order valence-corrected chi connectivity index (χ2v) is 9.86. The van der Waals surface area contributed by atoms with Crippen LogP contribution in [0.25, 0.3) is 22.3 Å². The normalized spacial score (nSPS) is 17.4. The summed E-state index contributed by atoms with van der Waals surface area (Å²) < 4.78 is 14.5. The van der Waals surface area contributed by atoms with Crippen molar-refractivity contribution >= 4 is 17.3 Å². The number of nitrogens with one attached hydrogen (secondary N) is 2. The number of halogens is 1. The number of rotatable bonds is 4. The van der Waals surface area contributed by atoms with Gasteiger partial charge in [0.1, 0.15) is 11.6 Å². The molecule has 2 saturated heterocycles. The maximum atomic E-state index is 14.5. The van der Waals surface area contributed by atoms with E-state index in [0.717, 1.165) is 31.7 Å². The van der Waals surface area contributed by atoms with Crippen molar-refractivity contribution < 1.29 is 14.3 Å². The Bertz CT molecular complexity index is 1230. The maximum absolute atomic E-state index is 14.5. The van der Waals surface area contributed by atoms with Crippen LogP contribution < -0.4 is 15.5 Å². The van der Waals surface area contributed by atoms with Crippen molar-refractivity contribution in [3.8, 4) is 28.0 Å². The molecule has 2 aliphatic heterocycles. The highest BCUT2D eigenvalue weighted by Crippen LogP contribution is 2.42. The van der Waals surface area contributed by atoms with E-state index >= 15 is 0 Å². The van der Waals surface area contributed by atoms with Crippen LogP contribution in [0.5, 0.6) is 5.75 Å². The lowest BCUT2D eigenvalue weighted by molar-refractivity contribution is -0.114. The van der Waals surface area contributed by atoms with Gasteiger partial charge in [0.05, 0.1) is 5.69 Å². The minimum Gasteiger partial charge on any atom is -0.507 e. The van der Waals surface area contributed by atoms with E-state index in [1.165, 1.54) is 50.4 Å². The number of hydrogen-bond donors (Lipinski definition) is 3. The predicted molar refractivity (Wildman–Crippen MR) is 139 cm³/mol. The summed E-state index contributed by atoms with van der Waals surface area (Å²) in [5, 5.41) is 17.1. The Morgan fingerprint density at radius 1 is 0.943 bits per heavy atom. The molecule has 2 fully saturated rings. The third-order valence-corrected chi connectivity index (χ3v) is 7.64. The van der Waals surface area contributed by atoms with Crippen LogP contribution in [0.15, 0.2) is 60.7 Å². The van der Waals surface area contributed by atoms with Crippen LogP contribution in [-0.2, 0) is 4.79 Å². The molecular weight excluding hydrogens is 441 g/mol. The quantitative estimate of drug-likeness (QED) is 0.449. The number of carbonyl (C=O) groups excluding carboxylic acids is 1. The number of piperidine rings is 2. The third-order valence-electron chi connectivity index (χ3n) is 7.64. The van der Waals surface area contributed by atoms with Gasteiger partial charge in [0.15, 0.2) is 0 Å². The van der Waals surface area contributed by atoms with Crippen LogP contribution in [-0.4, -0.2) is 37.2 Å². The zero-order chi connectivity index (χ0) is 24.4. The smallest absolute Gasteiger partial charge is 0.221 e. The van der Waals surface area contributed by atoms with Gasteiger partial charge in [-0.05, 0) is 79.6 Å². The molecule has 3 aromatic carbocycles. The summed E-state index contributed by atoms with van der Waals surface area (Å²) in [6, 6.07) is 18.4. The van der Waals surface area contributed by atoms with Crippen molar-refractivity contribution in [3.63, 3.8) is 0 Å². The Labute approximate surface area is 206 Å². The molecule has 6 heteroatoms. The number of phenols is 1. The largest absolute Gasteiger partial charge is 0.507 e. The van der Waals surface area contributed by atoms with Gasteiger partial charge in [-0.2, -0.15) is 0 Å². The van der Waals surface area contributed by atoms with E-state index in [1.807, 2.05) is 24.3 Å². The lowest BCUT2D eigenvalue weighted by Crippen LogP contribution is -2.45. The number of aromatic hydroxyl groups is 1. The van der Waals surface area contributed by atoms with E-state index in [9.17, 15) is 14.3 Å². The van der Waals surface area contributed by atoms with Crippen molar-refractivity contribution in [1.29, 1.82) is 0 Å². The van der Waals surface area contributed by atoms with E-state index in [4.69, 9.17) is 0 Å². The standard InChI is InChI=1S/C29H32FN3O2/c1-20(34)32-27-9-8-22(19-26(27)30)25-7-3-6-24(28(25)35)21-4-2-5-23(18-21)33-16-12-29(13-17-33)10-14-31-15-11-29/h2-9,18-19,31,35H,10-17H2,1H3,(H,32,34). The van der Waals surface area contributed by atoms with E-state index in [-0.39, 0.29) is 17.3 Å². The predicted octanol–water partition coefficient (Wildman–Crippen LogP) is 5.79. The first-order valence-electron chi connectivity index (χ1n) is 12.4. The number of anilines is 2. The Morgan fingerprint density at radius 2 is 1.60 bits per heavy atom. The summed E-state index contributed by atoms with van der Waals surface area (Å²) >= 11 is 0. The first-order chi connectivity index (χ1) is 16.9. The summed E-state index contributed by atoms with van der Waals surface area (Å²) in [6.07, 6.45) is 4.99. The monoisotopic (exact) mass is 473 g/mol. The minimum atomic E-state index is -0.541. The molecule has 182 valence electrons. The van der Waals surface area contributed by atoms with Gasteiger partial charge < -0.3 is 20.6 Å². The Kier molecular flexibility index (Phi) is 6.48. The minimum absolute atomic E-state index is 0.114. The summed E-state index contributed by atoms with van der Waals surface area (Å²) in [5.41, 5.74) is 4.53. The number of nitrogens with zero attached hydrogens (tertiary/aromatic N) is 1. The van der Waals surface area contributed by atoms with Gasteiger partial charge in [-0.3, -0.25) is 4.79 Å². The number of amides is 1. The van der Waals surface area contributed by atoms with E-state index in [0.29, 0.717) is 22.1 Å². The van der Waals surface area contributed by atoms with Gasteiger partial charge in [0.25, 0.3) is 0 Å². The van der Waals surface area contributed by atoms with Crippen molar-refractivity contribution in [2.24, 2.45) is 5.41 Å². The molecule has 1 spiro atoms. The van der Waals surface area contributed by atoms with Gasteiger partial charge in [-0.1, -0.05) is 36.4 Å². The highest BCUT2D eigenvalue weighted by Gasteiger charge is 2.35. The fourth-order valence-corrected chi connectivity index (χ4v) is 5.55. The van der Waals surface area contributed by atoms with Crippen LogP contribution >= 0.6 is 0 Å². The molecule has 0 bridgehead atoms. The summed E-state index contributed by atoms with van der Waals surface area (Å²) in [7, 11) is 0. The molecule has 1 amide bonds. The fraction of sp³-hybridized carbons (Fsp3) is 0.345. The van der Waals surface area contributed by atoms with Gasteiger partial charge in [-0.25, -0.2) is 4.39 Å². The molecule has 2 heterocycles. The topological polar surface area (TPSA) is 64.6 Å². The summed E-state index contributed by atoms with van der Waals surface area (Å²) in [6.45, 7) is 5.70. The molecule has 5 nitrogen and oxygen atoms in total. The molecule has 2 aliphatic rings. The highest BCUT2D eigenvalue weighted by atomic mass is 19.1. The van der Waals surface area contributed by atoms with Gasteiger partial charge in [0.2, 0.25) is 5.91 Å². The van der Waals surface area contributed by atoms with Gasteiger partial charge >= 0.3 is 0 Å². The molecule has 0 aliphatic carbocycles. The Morgan fingerprint density at radius 3 is 2.26 bits per heavy atom. The first kappa shape index (κ1) is 23.4. The lowest BCUT2D eigenvalue weighted by Gasteiger charge is -2.45. The molecule has 0 atom stereocenters. The van der Waals surface area contributed by atoms with Crippen molar-refractivity contribution in [3.05, 3.63) is 66.5 Å². The number of carbonyl (C=O) groups is 1. The van der Waals surface area contributed by atoms with Crippen LogP contribution in [0.3, 0.4) is 0 Å². The first-order valence-corrected chi connectivity index (χ1v) is 12.4. The van der Waals surface area contributed by atoms with Crippen molar-refractivity contribution in [1.82, 2.24) is 5.32 Å². The Balaban J connectivity index is 1.39. The van der Waals surface area contributed by atoms with Gasteiger partial charge in [-0.15, -0.1) is 0 Å². The number of para-hydroxylation sites is 1. The number of hydrogen-bond acceptors (Lipinski definition) is 4. The van der Waals surface area contributed by atoms with Crippen molar-refractivity contribution in [2.45, 2.75) is 32.6 Å². The lowest BCUT2D eigenvalue weighted by atomic mass is 9.71. The molecule has 0 radical (unpaired) electrons.